The first-order valence-electron chi connectivity index (χ1n) is 7.39. The largest absolute Gasteiger partial charge is 0.508 e. The van der Waals surface area contributed by atoms with Crippen molar-refractivity contribution in [1.29, 1.82) is 0 Å². The quantitative estimate of drug-likeness (QED) is 0.811. The molecule has 112 valence electrons. The average Bonchev–Trinajstić information content (AvgIpc) is 2.46. The molecule has 3 heteroatoms. The van der Waals surface area contributed by atoms with E-state index < -0.39 is 0 Å². The Morgan fingerprint density at radius 3 is 2.67 bits per heavy atom. The van der Waals surface area contributed by atoms with Crippen LogP contribution in [-0.2, 0) is 0 Å². The number of para-hydroxylation sites is 2. The van der Waals surface area contributed by atoms with E-state index in [1.807, 2.05) is 50.2 Å². The highest BCUT2D eigenvalue weighted by atomic mass is 16.5. The van der Waals surface area contributed by atoms with Gasteiger partial charge in [0.1, 0.15) is 11.5 Å². The molecule has 0 radical (unpaired) electrons. The second-order valence-corrected chi connectivity index (χ2v) is 5.27. The van der Waals surface area contributed by atoms with E-state index in [0.717, 1.165) is 29.0 Å². The third-order valence-electron chi connectivity index (χ3n) is 3.37. The molecule has 0 spiro atoms. The normalized spacial score (nSPS) is 12.0. The topological polar surface area (TPSA) is 41.5 Å². The van der Waals surface area contributed by atoms with Gasteiger partial charge in [-0.15, -0.1) is 0 Å². The molecular weight excluding hydrogens is 262 g/mol. The summed E-state index contributed by atoms with van der Waals surface area (Å²) in [7, 11) is 0. The van der Waals surface area contributed by atoms with Gasteiger partial charge >= 0.3 is 0 Å². The Bertz CT molecular complexity index is 596. The molecular formula is C18H23NO2. The number of phenolic OH excluding ortho intramolecular Hbond substituents is 1. The number of hydrogen-bond acceptors (Lipinski definition) is 3. The van der Waals surface area contributed by atoms with E-state index >= 15 is 0 Å². The summed E-state index contributed by atoms with van der Waals surface area (Å²) in [4.78, 5) is 0. The molecule has 2 aromatic carbocycles. The predicted octanol–water partition coefficient (Wildman–Crippen LogP) is 4.66. The summed E-state index contributed by atoms with van der Waals surface area (Å²) in [5.74, 6) is 1.17. The molecule has 0 heterocycles. The Labute approximate surface area is 126 Å². The highest BCUT2D eigenvalue weighted by Gasteiger charge is 2.12. The molecule has 1 unspecified atom stereocenters. The molecule has 0 bridgehead atoms. The van der Waals surface area contributed by atoms with Crippen molar-refractivity contribution in [1.82, 2.24) is 0 Å². The van der Waals surface area contributed by atoms with Crippen LogP contribution in [0.4, 0.5) is 5.69 Å². The van der Waals surface area contributed by atoms with Gasteiger partial charge < -0.3 is 15.2 Å². The summed E-state index contributed by atoms with van der Waals surface area (Å²) < 4.78 is 5.75. The molecule has 0 saturated heterocycles. The molecule has 0 aromatic heterocycles. The zero-order chi connectivity index (χ0) is 15.2. The van der Waals surface area contributed by atoms with Crippen LogP contribution in [0.2, 0.25) is 0 Å². The first-order chi connectivity index (χ1) is 10.1. The minimum Gasteiger partial charge on any atom is -0.508 e. The van der Waals surface area contributed by atoms with Crippen LogP contribution in [-0.4, -0.2) is 11.7 Å². The van der Waals surface area contributed by atoms with Gasteiger partial charge in [0.15, 0.2) is 0 Å². The van der Waals surface area contributed by atoms with Crippen LogP contribution in [0.3, 0.4) is 0 Å². The lowest BCUT2D eigenvalue weighted by Crippen LogP contribution is -2.08. The van der Waals surface area contributed by atoms with E-state index in [2.05, 4.69) is 12.2 Å². The number of hydrogen-bond donors (Lipinski definition) is 2. The number of nitrogens with one attached hydrogen (secondary N) is 1. The van der Waals surface area contributed by atoms with Crippen LogP contribution in [0.1, 0.15) is 37.4 Å². The number of aryl methyl sites for hydroxylation is 1. The van der Waals surface area contributed by atoms with E-state index in [0.29, 0.717) is 12.4 Å². The molecule has 0 aliphatic heterocycles. The van der Waals surface area contributed by atoms with Crippen molar-refractivity contribution in [2.24, 2.45) is 0 Å². The zero-order valence-electron chi connectivity index (χ0n) is 12.9. The summed E-state index contributed by atoms with van der Waals surface area (Å²) in [6.07, 6.45) is 0.975. The van der Waals surface area contributed by atoms with Gasteiger partial charge in [0.2, 0.25) is 0 Å². The summed E-state index contributed by atoms with van der Waals surface area (Å²) in [6, 6.07) is 13.6. The molecule has 2 rings (SSSR count). The van der Waals surface area contributed by atoms with Crippen molar-refractivity contribution in [3.63, 3.8) is 0 Å². The van der Waals surface area contributed by atoms with Gasteiger partial charge in [-0.1, -0.05) is 31.2 Å². The van der Waals surface area contributed by atoms with Crippen molar-refractivity contribution >= 4 is 5.69 Å². The lowest BCUT2D eigenvalue weighted by Gasteiger charge is -2.19. The highest BCUT2D eigenvalue weighted by molar-refractivity contribution is 5.58. The first-order valence-corrected chi connectivity index (χ1v) is 7.39. The number of benzene rings is 2. The van der Waals surface area contributed by atoms with Crippen LogP contribution in [0.5, 0.6) is 11.5 Å². The first kappa shape index (κ1) is 15.2. The second-order valence-electron chi connectivity index (χ2n) is 5.27. The van der Waals surface area contributed by atoms with E-state index in [1.54, 1.807) is 6.07 Å². The maximum absolute atomic E-state index is 10.1. The van der Waals surface area contributed by atoms with Gasteiger partial charge in [0, 0.05) is 5.56 Å². The average molecular weight is 285 g/mol. The predicted molar refractivity (Wildman–Crippen MR) is 87.1 cm³/mol. The molecule has 0 aliphatic carbocycles. The molecule has 0 aliphatic rings. The minimum atomic E-state index is -0.00280. The van der Waals surface area contributed by atoms with Gasteiger partial charge in [-0.2, -0.15) is 0 Å². The Balaban J connectivity index is 2.17. The Kier molecular flexibility index (Phi) is 5.09. The molecule has 0 fully saturated rings. The van der Waals surface area contributed by atoms with Crippen LogP contribution < -0.4 is 10.1 Å². The molecule has 0 saturated carbocycles. The monoisotopic (exact) mass is 285 g/mol. The zero-order valence-corrected chi connectivity index (χ0v) is 12.9. The Morgan fingerprint density at radius 1 is 1.19 bits per heavy atom. The van der Waals surface area contributed by atoms with E-state index in [-0.39, 0.29) is 6.04 Å². The van der Waals surface area contributed by atoms with Gasteiger partial charge in [-0.05, 0) is 44.0 Å². The minimum absolute atomic E-state index is 0.00280. The Morgan fingerprint density at radius 2 is 1.95 bits per heavy atom. The second kappa shape index (κ2) is 7.02. The molecule has 2 aromatic rings. The fourth-order valence-electron chi connectivity index (χ4n) is 2.25. The van der Waals surface area contributed by atoms with Gasteiger partial charge in [0.25, 0.3) is 0 Å². The van der Waals surface area contributed by atoms with E-state index in [1.165, 1.54) is 0 Å². The van der Waals surface area contributed by atoms with Crippen molar-refractivity contribution in [3.05, 3.63) is 53.6 Å². The molecule has 21 heavy (non-hydrogen) atoms. The SMILES string of the molecule is CCCOc1ccccc1NC(C)c1ccc(C)cc1O. The summed E-state index contributed by atoms with van der Waals surface area (Å²) in [6.45, 7) is 6.78. The smallest absolute Gasteiger partial charge is 0.142 e. The van der Waals surface area contributed by atoms with E-state index in [4.69, 9.17) is 4.74 Å². The van der Waals surface area contributed by atoms with Crippen molar-refractivity contribution < 1.29 is 9.84 Å². The molecule has 0 amide bonds. The van der Waals surface area contributed by atoms with Gasteiger partial charge in [-0.3, -0.25) is 0 Å². The Hall–Kier alpha value is -2.16. The summed E-state index contributed by atoms with van der Waals surface area (Å²) in [5, 5.41) is 13.5. The number of phenols is 1. The van der Waals surface area contributed by atoms with Crippen LogP contribution >= 0.6 is 0 Å². The fraction of sp³-hybridized carbons (Fsp3) is 0.333. The highest BCUT2D eigenvalue weighted by Crippen LogP contribution is 2.31. The van der Waals surface area contributed by atoms with Crippen molar-refractivity contribution in [3.8, 4) is 11.5 Å². The standard InChI is InChI=1S/C18H23NO2/c1-4-11-21-18-8-6-5-7-16(18)19-14(3)15-10-9-13(2)12-17(15)20/h5-10,12,14,19-20H,4,11H2,1-3H3. The third-order valence-corrected chi connectivity index (χ3v) is 3.37. The molecule has 3 nitrogen and oxygen atoms in total. The number of anilines is 1. The van der Waals surface area contributed by atoms with Gasteiger partial charge in [0.05, 0.1) is 18.3 Å². The summed E-state index contributed by atoms with van der Waals surface area (Å²) >= 11 is 0. The van der Waals surface area contributed by atoms with Crippen LogP contribution in [0, 0.1) is 6.92 Å². The van der Waals surface area contributed by atoms with Crippen LogP contribution in [0.25, 0.3) is 0 Å². The maximum Gasteiger partial charge on any atom is 0.142 e. The lowest BCUT2D eigenvalue weighted by atomic mass is 10.0. The van der Waals surface area contributed by atoms with Crippen molar-refractivity contribution in [2.45, 2.75) is 33.2 Å². The number of aromatic hydroxyl groups is 1. The summed E-state index contributed by atoms with van der Waals surface area (Å²) in [5.41, 5.74) is 2.87. The van der Waals surface area contributed by atoms with Crippen LogP contribution in [0.15, 0.2) is 42.5 Å². The molecule has 2 N–H and O–H groups in total. The number of ether oxygens (including phenoxy) is 1. The third kappa shape index (κ3) is 3.91. The number of rotatable bonds is 6. The molecule has 1 atom stereocenters. The lowest BCUT2D eigenvalue weighted by molar-refractivity contribution is 0.318. The van der Waals surface area contributed by atoms with E-state index in [9.17, 15) is 5.11 Å². The maximum atomic E-state index is 10.1. The fourth-order valence-corrected chi connectivity index (χ4v) is 2.25. The van der Waals surface area contributed by atoms with Gasteiger partial charge in [-0.25, -0.2) is 0 Å². The van der Waals surface area contributed by atoms with Crippen molar-refractivity contribution in [2.75, 3.05) is 11.9 Å².